The fraction of sp³-hybridized carbons (Fsp3) is 0.900. The van der Waals surface area contributed by atoms with Crippen LogP contribution >= 0.6 is 0 Å². The van der Waals surface area contributed by atoms with Crippen LogP contribution in [0.25, 0.3) is 0 Å². The summed E-state index contributed by atoms with van der Waals surface area (Å²) in [5.74, 6) is -0.911. The van der Waals surface area contributed by atoms with Gasteiger partial charge in [0.2, 0.25) is 10.0 Å². The zero-order chi connectivity index (χ0) is 12.9. The molecule has 1 unspecified atom stereocenters. The molecule has 0 radical (unpaired) electrons. The summed E-state index contributed by atoms with van der Waals surface area (Å²) < 4.78 is 30.2. The van der Waals surface area contributed by atoms with Gasteiger partial charge in [-0.1, -0.05) is 0 Å². The first-order valence-corrected chi connectivity index (χ1v) is 7.30. The monoisotopic (exact) mass is 265 g/mol. The van der Waals surface area contributed by atoms with E-state index in [1.165, 1.54) is 11.4 Å². The average Bonchev–Trinajstić information content (AvgIpc) is 2.68. The highest BCUT2D eigenvalue weighted by atomic mass is 32.2. The Labute approximate surface area is 102 Å². The summed E-state index contributed by atoms with van der Waals surface area (Å²) in [7, 11) is -1.85. The number of carboxylic acid groups (broad SMARTS) is 1. The van der Waals surface area contributed by atoms with Crippen molar-refractivity contribution in [2.45, 2.75) is 31.8 Å². The van der Waals surface area contributed by atoms with E-state index in [1.54, 1.807) is 0 Å². The highest BCUT2D eigenvalue weighted by Gasteiger charge is 2.26. The number of rotatable bonds is 7. The number of hydrogen-bond acceptors (Lipinski definition) is 4. The Morgan fingerprint density at radius 3 is 2.76 bits per heavy atom. The van der Waals surface area contributed by atoms with E-state index in [4.69, 9.17) is 9.84 Å². The first-order chi connectivity index (χ1) is 7.92. The van der Waals surface area contributed by atoms with Gasteiger partial charge in [0.25, 0.3) is 0 Å². The maximum Gasteiger partial charge on any atom is 0.303 e. The standard InChI is InChI=1S/C10H19NO5S/c1-11(6-2-5-10(12)13)17(14,15)8-9-4-3-7-16-9/h9H,2-8H2,1H3,(H,12,13). The number of carbonyl (C=O) groups is 1. The van der Waals surface area contributed by atoms with Gasteiger partial charge < -0.3 is 9.84 Å². The van der Waals surface area contributed by atoms with Crippen molar-refractivity contribution < 1.29 is 23.1 Å². The van der Waals surface area contributed by atoms with Crippen molar-refractivity contribution in [3.8, 4) is 0 Å². The van der Waals surface area contributed by atoms with Crippen molar-refractivity contribution in [3.63, 3.8) is 0 Å². The molecule has 1 aliphatic rings. The molecule has 6 nitrogen and oxygen atoms in total. The molecule has 1 fully saturated rings. The van der Waals surface area contributed by atoms with Crippen molar-refractivity contribution in [2.75, 3.05) is 26.0 Å². The van der Waals surface area contributed by atoms with E-state index in [2.05, 4.69) is 0 Å². The number of nitrogens with zero attached hydrogens (tertiary/aromatic N) is 1. The molecule has 1 atom stereocenters. The van der Waals surface area contributed by atoms with Crippen LogP contribution in [0.2, 0.25) is 0 Å². The smallest absolute Gasteiger partial charge is 0.303 e. The summed E-state index contributed by atoms with van der Waals surface area (Å²) in [4.78, 5) is 10.3. The summed E-state index contributed by atoms with van der Waals surface area (Å²) in [6.45, 7) is 0.865. The second-order valence-corrected chi connectivity index (χ2v) is 6.35. The van der Waals surface area contributed by atoms with E-state index in [-0.39, 0.29) is 24.8 Å². The quantitative estimate of drug-likeness (QED) is 0.715. The summed E-state index contributed by atoms with van der Waals surface area (Å²) >= 11 is 0. The Balaban J connectivity index is 2.37. The van der Waals surface area contributed by atoms with Gasteiger partial charge >= 0.3 is 5.97 Å². The molecule has 17 heavy (non-hydrogen) atoms. The number of aliphatic carboxylic acids is 1. The summed E-state index contributed by atoms with van der Waals surface area (Å²) in [5, 5.41) is 8.47. The molecule has 0 aromatic rings. The molecular formula is C10H19NO5S. The summed E-state index contributed by atoms with van der Waals surface area (Å²) in [6, 6.07) is 0. The Hall–Kier alpha value is -0.660. The number of carboxylic acids is 1. The van der Waals surface area contributed by atoms with Crippen molar-refractivity contribution >= 4 is 16.0 Å². The molecule has 0 amide bonds. The minimum absolute atomic E-state index is 0.00340. The zero-order valence-corrected chi connectivity index (χ0v) is 10.8. The molecule has 1 aliphatic heterocycles. The number of ether oxygens (including phenoxy) is 1. The zero-order valence-electron chi connectivity index (χ0n) is 9.96. The lowest BCUT2D eigenvalue weighted by atomic mass is 10.3. The maximum atomic E-state index is 11.9. The third-order valence-electron chi connectivity index (χ3n) is 2.76. The third kappa shape index (κ3) is 5.01. The second kappa shape index (κ2) is 6.32. The first-order valence-electron chi connectivity index (χ1n) is 5.69. The van der Waals surface area contributed by atoms with Crippen molar-refractivity contribution in [1.82, 2.24) is 4.31 Å². The van der Waals surface area contributed by atoms with Crippen LogP contribution in [0.15, 0.2) is 0 Å². The molecule has 1 heterocycles. The lowest BCUT2D eigenvalue weighted by Gasteiger charge is -2.18. The fourth-order valence-corrected chi connectivity index (χ4v) is 3.12. The van der Waals surface area contributed by atoms with E-state index in [9.17, 15) is 13.2 Å². The van der Waals surface area contributed by atoms with E-state index >= 15 is 0 Å². The summed E-state index contributed by atoms with van der Waals surface area (Å²) in [6.07, 6.45) is 1.79. The van der Waals surface area contributed by atoms with Crippen LogP contribution in [0.3, 0.4) is 0 Å². The van der Waals surface area contributed by atoms with E-state index < -0.39 is 16.0 Å². The molecule has 100 valence electrons. The minimum Gasteiger partial charge on any atom is -0.481 e. The van der Waals surface area contributed by atoms with Crippen molar-refractivity contribution in [3.05, 3.63) is 0 Å². The Morgan fingerprint density at radius 1 is 1.53 bits per heavy atom. The van der Waals surface area contributed by atoms with E-state index in [0.717, 1.165) is 12.8 Å². The van der Waals surface area contributed by atoms with Crippen LogP contribution < -0.4 is 0 Å². The van der Waals surface area contributed by atoms with E-state index in [0.29, 0.717) is 13.0 Å². The Kier molecular flexibility index (Phi) is 5.35. The normalized spacial score (nSPS) is 20.9. The molecular weight excluding hydrogens is 246 g/mol. The number of sulfonamides is 1. The fourth-order valence-electron chi connectivity index (χ4n) is 1.73. The lowest BCUT2D eigenvalue weighted by Crippen LogP contribution is -2.34. The van der Waals surface area contributed by atoms with Crippen LogP contribution in [0.5, 0.6) is 0 Å². The topological polar surface area (TPSA) is 83.9 Å². The molecule has 0 aromatic carbocycles. The average molecular weight is 265 g/mol. The van der Waals surface area contributed by atoms with Gasteiger partial charge in [-0.25, -0.2) is 12.7 Å². The van der Waals surface area contributed by atoms with Gasteiger partial charge in [-0.3, -0.25) is 4.79 Å². The molecule has 7 heteroatoms. The van der Waals surface area contributed by atoms with Crippen LogP contribution in [-0.2, 0) is 19.6 Å². The van der Waals surface area contributed by atoms with Crippen molar-refractivity contribution in [1.29, 1.82) is 0 Å². The van der Waals surface area contributed by atoms with Crippen LogP contribution in [0, 0.1) is 0 Å². The minimum atomic E-state index is -3.33. The number of hydrogen-bond donors (Lipinski definition) is 1. The molecule has 1 N–H and O–H groups in total. The molecule has 1 saturated heterocycles. The van der Waals surface area contributed by atoms with Crippen LogP contribution in [0.4, 0.5) is 0 Å². The predicted molar refractivity (Wildman–Crippen MR) is 62.3 cm³/mol. The van der Waals surface area contributed by atoms with Crippen LogP contribution in [0.1, 0.15) is 25.7 Å². The third-order valence-corrected chi connectivity index (χ3v) is 4.68. The molecule has 0 saturated carbocycles. The van der Waals surface area contributed by atoms with Gasteiger partial charge in [0.15, 0.2) is 0 Å². The predicted octanol–water partition coefficient (Wildman–Crippen LogP) is 0.292. The molecule has 0 aromatic heterocycles. The SMILES string of the molecule is CN(CCCC(=O)O)S(=O)(=O)CC1CCCO1. The van der Waals surface area contributed by atoms with Gasteiger partial charge in [0.05, 0.1) is 11.9 Å². The Morgan fingerprint density at radius 2 is 2.24 bits per heavy atom. The van der Waals surface area contributed by atoms with Gasteiger partial charge in [0.1, 0.15) is 0 Å². The molecule has 0 aliphatic carbocycles. The van der Waals surface area contributed by atoms with Gasteiger partial charge in [0, 0.05) is 26.6 Å². The largest absolute Gasteiger partial charge is 0.481 e. The van der Waals surface area contributed by atoms with E-state index in [1.807, 2.05) is 0 Å². The van der Waals surface area contributed by atoms with Gasteiger partial charge in [-0.2, -0.15) is 0 Å². The maximum absolute atomic E-state index is 11.9. The highest BCUT2D eigenvalue weighted by molar-refractivity contribution is 7.89. The van der Waals surface area contributed by atoms with Crippen molar-refractivity contribution in [2.24, 2.45) is 0 Å². The highest BCUT2D eigenvalue weighted by Crippen LogP contribution is 2.15. The summed E-state index contributed by atoms with van der Waals surface area (Å²) in [5.41, 5.74) is 0. The van der Waals surface area contributed by atoms with Crippen LogP contribution in [-0.4, -0.2) is 55.9 Å². The van der Waals surface area contributed by atoms with Gasteiger partial charge in [-0.05, 0) is 19.3 Å². The lowest BCUT2D eigenvalue weighted by molar-refractivity contribution is -0.137. The Bertz CT molecular complexity index is 348. The molecule has 0 bridgehead atoms. The second-order valence-electron chi connectivity index (χ2n) is 4.23. The van der Waals surface area contributed by atoms with Gasteiger partial charge in [-0.15, -0.1) is 0 Å². The molecule has 1 rings (SSSR count). The molecule has 0 spiro atoms. The first kappa shape index (κ1) is 14.4.